The average molecular weight is 278 g/mol. The normalized spacial score (nSPS) is 22.2. The van der Waals surface area contributed by atoms with Crippen LogP contribution in [0.5, 0.6) is 0 Å². The molecule has 0 bridgehead atoms. The molecule has 1 aromatic carbocycles. The van der Waals surface area contributed by atoms with E-state index in [1.807, 2.05) is 0 Å². The van der Waals surface area contributed by atoms with E-state index in [-0.39, 0.29) is 11.2 Å². The van der Waals surface area contributed by atoms with Crippen LogP contribution in [0.25, 0.3) is 0 Å². The number of hydrogen-bond donors (Lipinski definition) is 0. The summed E-state index contributed by atoms with van der Waals surface area (Å²) < 4.78 is 0. The number of nitrogens with zero attached hydrogens (tertiary/aromatic N) is 2. The molecule has 0 saturated heterocycles. The molecule has 0 amide bonds. The van der Waals surface area contributed by atoms with Crippen LogP contribution >= 0.6 is 0 Å². The second kappa shape index (κ2) is 4.23. The van der Waals surface area contributed by atoms with Crippen molar-refractivity contribution in [2.75, 3.05) is 0 Å². The highest BCUT2D eigenvalue weighted by molar-refractivity contribution is 5.98. The zero-order chi connectivity index (χ0) is 14.6. The SMILES string of the molecule is CC1(C)CC(=O)c2cnc(C3Cc4ccccc43)nc2C1. The molecule has 0 radical (unpaired) electrons. The van der Waals surface area contributed by atoms with E-state index in [9.17, 15) is 4.79 Å². The van der Waals surface area contributed by atoms with Crippen molar-refractivity contribution in [3.8, 4) is 0 Å². The molecule has 0 N–H and O–H groups in total. The van der Waals surface area contributed by atoms with E-state index in [0.717, 1.165) is 29.9 Å². The quantitative estimate of drug-likeness (QED) is 0.803. The van der Waals surface area contributed by atoms with Crippen LogP contribution in [-0.2, 0) is 12.8 Å². The minimum atomic E-state index is 0.00717. The molecule has 1 aromatic heterocycles. The van der Waals surface area contributed by atoms with Gasteiger partial charge in [0, 0.05) is 18.5 Å². The largest absolute Gasteiger partial charge is 0.294 e. The third-order valence-electron chi connectivity index (χ3n) is 4.64. The van der Waals surface area contributed by atoms with Gasteiger partial charge in [-0.15, -0.1) is 0 Å². The lowest BCUT2D eigenvalue weighted by molar-refractivity contribution is 0.0909. The smallest absolute Gasteiger partial charge is 0.166 e. The van der Waals surface area contributed by atoms with Gasteiger partial charge in [-0.2, -0.15) is 0 Å². The van der Waals surface area contributed by atoms with Gasteiger partial charge in [0.2, 0.25) is 0 Å². The molecule has 0 aliphatic heterocycles. The first kappa shape index (κ1) is 12.7. The van der Waals surface area contributed by atoms with E-state index in [1.165, 1.54) is 11.1 Å². The molecule has 21 heavy (non-hydrogen) atoms. The molecule has 3 heteroatoms. The van der Waals surface area contributed by atoms with E-state index in [2.05, 4.69) is 43.1 Å². The summed E-state index contributed by atoms with van der Waals surface area (Å²) in [6, 6.07) is 8.46. The van der Waals surface area contributed by atoms with Crippen molar-refractivity contribution >= 4 is 5.78 Å². The minimum Gasteiger partial charge on any atom is -0.294 e. The van der Waals surface area contributed by atoms with Crippen molar-refractivity contribution in [2.24, 2.45) is 5.41 Å². The fourth-order valence-corrected chi connectivity index (χ4v) is 3.50. The maximum atomic E-state index is 12.2. The number of Topliss-reactive ketones (excluding diaryl/α,β-unsaturated/α-hetero) is 1. The highest BCUT2D eigenvalue weighted by atomic mass is 16.1. The summed E-state index contributed by atoms with van der Waals surface area (Å²) in [5.41, 5.74) is 4.39. The number of ketones is 1. The summed E-state index contributed by atoms with van der Waals surface area (Å²) in [4.78, 5) is 21.4. The Hall–Kier alpha value is -2.03. The molecule has 2 aliphatic carbocycles. The summed E-state index contributed by atoms with van der Waals surface area (Å²) >= 11 is 0. The van der Waals surface area contributed by atoms with Crippen LogP contribution in [0.4, 0.5) is 0 Å². The van der Waals surface area contributed by atoms with Crippen LogP contribution in [0.1, 0.15) is 59.2 Å². The maximum absolute atomic E-state index is 12.2. The first-order valence-electron chi connectivity index (χ1n) is 7.50. The number of fused-ring (bicyclic) bond motifs is 2. The average Bonchev–Trinajstić information content (AvgIpc) is 2.38. The highest BCUT2D eigenvalue weighted by Crippen LogP contribution is 2.39. The summed E-state index contributed by atoms with van der Waals surface area (Å²) in [5.74, 6) is 1.35. The Kier molecular flexibility index (Phi) is 2.56. The van der Waals surface area contributed by atoms with E-state index in [4.69, 9.17) is 4.98 Å². The molecule has 4 rings (SSSR count). The number of benzene rings is 1. The molecular weight excluding hydrogens is 260 g/mol. The number of rotatable bonds is 1. The van der Waals surface area contributed by atoms with Crippen LogP contribution in [0.15, 0.2) is 30.5 Å². The molecule has 1 atom stereocenters. The Bertz CT molecular complexity index is 749. The predicted octanol–water partition coefficient (Wildman–Crippen LogP) is 3.32. The standard InChI is InChI=1S/C18H18N2O/c1-18(2)8-15-14(16(21)9-18)10-19-17(20-15)13-7-11-5-3-4-6-12(11)13/h3-6,10,13H,7-9H2,1-2H3. The zero-order valence-electron chi connectivity index (χ0n) is 12.4. The van der Waals surface area contributed by atoms with Crippen LogP contribution in [0, 0.1) is 5.41 Å². The van der Waals surface area contributed by atoms with Gasteiger partial charge < -0.3 is 0 Å². The van der Waals surface area contributed by atoms with Crippen LogP contribution in [-0.4, -0.2) is 15.8 Å². The number of carbonyl (C=O) groups is 1. The van der Waals surface area contributed by atoms with Gasteiger partial charge in [-0.3, -0.25) is 4.79 Å². The summed E-state index contributed by atoms with van der Waals surface area (Å²) in [7, 11) is 0. The Morgan fingerprint density at radius 2 is 2.00 bits per heavy atom. The van der Waals surface area contributed by atoms with E-state index in [1.54, 1.807) is 6.20 Å². The predicted molar refractivity (Wildman–Crippen MR) is 80.5 cm³/mol. The third-order valence-corrected chi connectivity index (χ3v) is 4.64. The Balaban J connectivity index is 1.73. The fraction of sp³-hybridized carbons (Fsp3) is 0.389. The number of hydrogen-bond acceptors (Lipinski definition) is 3. The monoisotopic (exact) mass is 278 g/mol. The van der Waals surface area contributed by atoms with E-state index >= 15 is 0 Å². The lowest BCUT2D eigenvalue weighted by atomic mass is 9.75. The van der Waals surface area contributed by atoms with E-state index in [0.29, 0.717) is 12.3 Å². The molecular formula is C18H18N2O. The van der Waals surface area contributed by atoms with E-state index < -0.39 is 0 Å². The van der Waals surface area contributed by atoms with Crippen molar-refractivity contribution in [1.29, 1.82) is 0 Å². The van der Waals surface area contributed by atoms with Gasteiger partial charge >= 0.3 is 0 Å². The first-order chi connectivity index (χ1) is 10.0. The second-order valence-electron chi connectivity index (χ2n) is 6.99. The summed E-state index contributed by atoms with van der Waals surface area (Å²) in [6.07, 6.45) is 4.20. The fourth-order valence-electron chi connectivity index (χ4n) is 3.50. The molecule has 3 nitrogen and oxygen atoms in total. The second-order valence-corrected chi connectivity index (χ2v) is 6.99. The topological polar surface area (TPSA) is 42.9 Å². The van der Waals surface area contributed by atoms with Gasteiger partial charge in [-0.25, -0.2) is 9.97 Å². The van der Waals surface area contributed by atoms with Crippen LogP contribution in [0.2, 0.25) is 0 Å². The highest BCUT2D eigenvalue weighted by Gasteiger charge is 2.34. The zero-order valence-corrected chi connectivity index (χ0v) is 12.4. The lowest BCUT2D eigenvalue weighted by Gasteiger charge is -2.32. The van der Waals surface area contributed by atoms with Gasteiger partial charge in [-0.05, 0) is 29.4 Å². The van der Waals surface area contributed by atoms with Crippen molar-refractivity contribution in [1.82, 2.24) is 9.97 Å². The molecule has 0 saturated carbocycles. The third kappa shape index (κ3) is 1.99. The molecule has 1 unspecified atom stereocenters. The minimum absolute atomic E-state index is 0.00717. The summed E-state index contributed by atoms with van der Waals surface area (Å²) in [5, 5.41) is 0. The Morgan fingerprint density at radius 3 is 2.81 bits per heavy atom. The van der Waals surface area contributed by atoms with Gasteiger partial charge in [0.25, 0.3) is 0 Å². The van der Waals surface area contributed by atoms with Crippen LogP contribution < -0.4 is 0 Å². The van der Waals surface area contributed by atoms with Crippen LogP contribution in [0.3, 0.4) is 0 Å². The molecule has 106 valence electrons. The lowest BCUT2D eigenvalue weighted by Crippen LogP contribution is -2.29. The van der Waals surface area contributed by atoms with Gasteiger partial charge in [0.1, 0.15) is 5.82 Å². The van der Waals surface area contributed by atoms with Crippen molar-refractivity contribution in [2.45, 2.75) is 39.0 Å². The maximum Gasteiger partial charge on any atom is 0.166 e. The Morgan fingerprint density at radius 1 is 1.19 bits per heavy atom. The summed E-state index contributed by atoms with van der Waals surface area (Å²) in [6.45, 7) is 4.27. The van der Waals surface area contributed by atoms with Crippen molar-refractivity contribution in [3.63, 3.8) is 0 Å². The van der Waals surface area contributed by atoms with Gasteiger partial charge in [-0.1, -0.05) is 38.1 Å². The van der Waals surface area contributed by atoms with Crippen molar-refractivity contribution < 1.29 is 4.79 Å². The number of aromatic nitrogens is 2. The van der Waals surface area contributed by atoms with Crippen molar-refractivity contribution in [3.05, 3.63) is 58.7 Å². The molecule has 1 heterocycles. The molecule has 2 aromatic rings. The molecule has 0 spiro atoms. The molecule has 0 fully saturated rings. The Labute approximate surface area is 124 Å². The van der Waals surface area contributed by atoms with Gasteiger partial charge in [0.15, 0.2) is 5.78 Å². The first-order valence-corrected chi connectivity index (χ1v) is 7.50. The molecule has 2 aliphatic rings. The van der Waals surface area contributed by atoms with Gasteiger partial charge in [0.05, 0.1) is 11.3 Å². The number of carbonyl (C=O) groups excluding carboxylic acids is 1.